The number of methoxy groups -OCH3 is 1. The molecule has 0 aliphatic heterocycles. The van der Waals surface area contributed by atoms with Crippen molar-refractivity contribution >= 4 is 23.2 Å². The van der Waals surface area contributed by atoms with Crippen LogP contribution in [0.3, 0.4) is 0 Å². The fraction of sp³-hybridized carbons (Fsp3) is 0.0714. The van der Waals surface area contributed by atoms with Crippen LogP contribution in [0, 0.1) is 5.82 Å². The Morgan fingerprint density at radius 1 is 1.26 bits per heavy atom. The maximum Gasteiger partial charge on any atom is 0.255 e. The molecule has 0 aromatic heterocycles. The normalized spacial score (nSPS) is 10.1. The highest BCUT2D eigenvalue weighted by molar-refractivity contribution is 6.31. The summed E-state index contributed by atoms with van der Waals surface area (Å²) < 4.78 is 18.0. The smallest absolute Gasteiger partial charge is 0.255 e. The number of amides is 1. The van der Waals surface area contributed by atoms with Crippen molar-refractivity contribution < 1.29 is 13.9 Å². The minimum Gasteiger partial charge on any atom is -0.497 e. The summed E-state index contributed by atoms with van der Waals surface area (Å²) in [5.41, 5.74) is 0.874. The summed E-state index contributed by atoms with van der Waals surface area (Å²) in [6, 6.07) is 10.7. The van der Waals surface area contributed by atoms with E-state index < -0.39 is 5.82 Å². The van der Waals surface area contributed by atoms with Crippen LogP contribution in [0.2, 0.25) is 5.02 Å². The Morgan fingerprint density at radius 2 is 2.05 bits per heavy atom. The summed E-state index contributed by atoms with van der Waals surface area (Å²) in [5, 5.41) is 2.59. The molecule has 0 fully saturated rings. The standard InChI is InChI=1S/C14H11ClFNO2/c1-19-11-4-2-3-9(7-11)14(18)17-10-5-6-13(16)12(15)8-10/h2-8H,1H3,(H,17,18). The van der Waals surface area contributed by atoms with Gasteiger partial charge in [0.15, 0.2) is 0 Å². The van der Waals surface area contributed by atoms with Gasteiger partial charge in [0.05, 0.1) is 12.1 Å². The van der Waals surface area contributed by atoms with Crippen LogP contribution in [0.5, 0.6) is 5.75 Å². The van der Waals surface area contributed by atoms with E-state index in [1.54, 1.807) is 24.3 Å². The van der Waals surface area contributed by atoms with Crippen molar-refractivity contribution in [2.24, 2.45) is 0 Å². The zero-order chi connectivity index (χ0) is 13.8. The molecular weight excluding hydrogens is 269 g/mol. The van der Waals surface area contributed by atoms with Crippen LogP contribution in [0.15, 0.2) is 42.5 Å². The predicted octanol–water partition coefficient (Wildman–Crippen LogP) is 3.74. The van der Waals surface area contributed by atoms with Crippen LogP contribution >= 0.6 is 11.6 Å². The molecule has 2 aromatic carbocycles. The molecule has 2 aromatic rings. The lowest BCUT2D eigenvalue weighted by atomic mass is 10.2. The molecule has 19 heavy (non-hydrogen) atoms. The van der Waals surface area contributed by atoms with Gasteiger partial charge in [-0.25, -0.2) is 4.39 Å². The summed E-state index contributed by atoms with van der Waals surface area (Å²) in [6.45, 7) is 0. The molecule has 3 nitrogen and oxygen atoms in total. The Hall–Kier alpha value is -2.07. The molecule has 98 valence electrons. The van der Waals surface area contributed by atoms with E-state index in [1.807, 2.05) is 0 Å². The topological polar surface area (TPSA) is 38.3 Å². The SMILES string of the molecule is COc1cccc(C(=O)Nc2ccc(F)c(Cl)c2)c1. The Labute approximate surface area is 115 Å². The zero-order valence-corrected chi connectivity index (χ0v) is 10.9. The predicted molar refractivity (Wildman–Crippen MR) is 72.4 cm³/mol. The molecule has 1 N–H and O–H groups in total. The number of halogens is 2. The summed E-state index contributed by atoms with van der Waals surface area (Å²) in [5.74, 6) is -0.257. The molecule has 0 unspecified atom stereocenters. The third kappa shape index (κ3) is 3.23. The second-order valence-electron chi connectivity index (χ2n) is 3.81. The van der Waals surface area contributed by atoms with Crippen LogP contribution in [0.4, 0.5) is 10.1 Å². The van der Waals surface area contributed by atoms with E-state index in [-0.39, 0.29) is 10.9 Å². The fourth-order valence-electron chi connectivity index (χ4n) is 1.54. The Morgan fingerprint density at radius 3 is 2.74 bits per heavy atom. The van der Waals surface area contributed by atoms with Gasteiger partial charge in [0.2, 0.25) is 0 Å². The second-order valence-corrected chi connectivity index (χ2v) is 4.22. The molecule has 0 heterocycles. The second kappa shape index (κ2) is 5.71. The number of carbonyl (C=O) groups is 1. The van der Waals surface area contributed by atoms with Gasteiger partial charge >= 0.3 is 0 Å². The Kier molecular flexibility index (Phi) is 4.02. The van der Waals surface area contributed by atoms with E-state index in [4.69, 9.17) is 16.3 Å². The molecule has 0 spiro atoms. The van der Waals surface area contributed by atoms with Gasteiger partial charge in [-0.2, -0.15) is 0 Å². The van der Waals surface area contributed by atoms with E-state index >= 15 is 0 Å². The van der Waals surface area contributed by atoms with E-state index in [1.165, 1.54) is 25.3 Å². The molecule has 0 saturated carbocycles. The molecule has 5 heteroatoms. The van der Waals surface area contributed by atoms with E-state index in [2.05, 4.69) is 5.32 Å². The molecule has 0 radical (unpaired) electrons. The number of nitrogens with one attached hydrogen (secondary N) is 1. The van der Waals surface area contributed by atoms with Crippen molar-refractivity contribution in [3.8, 4) is 5.75 Å². The van der Waals surface area contributed by atoms with Gasteiger partial charge in [-0.05, 0) is 36.4 Å². The van der Waals surface area contributed by atoms with Crippen LogP contribution in [0.1, 0.15) is 10.4 Å². The highest BCUT2D eigenvalue weighted by Gasteiger charge is 2.08. The molecule has 0 saturated heterocycles. The first-order valence-corrected chi connectivity index (χ1v) is 5.88. The molecule has 0 aliphatic rings. The molecule has 0 bridgehead atoms. The Balaban J connectivity index is 2.18. The monoisotopic (exact) mass is 279 g/mol. The third-order valence-electron chi connectivity index (χ3n) is 2.51. The molecule has 1 amide bonds. The fourth-order valence-corrected chi connectivity index (χ4v) is 1.72. The summed E-state index contributed by atoms with van der Waals surface area (Å²) in [7, 11) is 1.52. The maximum atomic E-state index is 13.0. The minimum absolute atomic E-state index is 0.0385. The average molecular weight is 280 g/mol. The quantitative estimate of drug-likeness (QED) is 0.929. The van der Waals surface area contributed by atoms with E-state index in [0.29, 0.717) is 17.0 Å². The molecule has 2 rings (SSSR count). The van der Waals surface area contributed by atoms with Crippen molar-refractivity contribution in [1.82, 2.24) is 0 Å². The van der Waals surface area contributed by atoms with Crippen LogP contribution in [-0.2, 0) is 0 Å². The molecular formula is C14H11ClFNO2. The van der Waals surface area contributed by atoms with Crippen molar-refractivity contribution in [1.29, 1.82) is 0 Å². The van der Waals surface area contributed by atoms with Gasteiger partial charge in [-0.15, -0.1) is 0 Å². The first-order chi connectivity index (χ1) is 9.10. The Bertz CT molecular complexity index is 616. The number of anilines is 1. The van der Waals surface area contributed by atoms with Gasteiger partial charge in [0.1, 0.15) is 11.6 Å². The average Bonchev–Trinajstić information content (AvgIpc) is 2.43. The van der Waals surface area contributed by atoms with E-state index in [9.17, 15) is 9.18 Å². The first kappa shape index (κ1) is 13.4. The van der Waals surface area contributed by atoms with Crippen LogP contribution < -0.4 is 10.1 Å². The maximum absolute atomic E-state index is 13.0. The highest BCUT2D eigenvalue weighted by atomic mass is 35.5. The van der Waals surface area contributed by atoms with Crippen LogP contribution in [-0.4, -0.2) is 13.0 Å². The van der Waals surface area contributed by atoms with Gasteiger partial charge in [0.25, 0.3) is 5.91 Å². The van der Waals surface area contributed by atoms with Crippen molar-refractivity contribution in [2.75, 3.05) is 12.4 Å². The molecule has 0 aliphatic carbocycles. The summed E-state index contributed by atoms with van der Waals surface area (Å²) >= 11 is 5.64. The van der Waals surface area contributed by atoms with Crippen molar-refractivity contribution in [2.45, 2.75) is 0 Å². The third-order valence-corrected chi connectivity index (χ3v) is 2.80. The van der Waals surface area contributed by atoms with Crippen molar-refractivity contribution in [3.05, 3.63) is 58.9 Å². The van der Waals surface area contributed by atoms with Crippen molar-refractivity contribution in [3.63, 3.8) is 0 Å². The van der Waals surface area contributed by atoms with E-state index in [0.717, 1.165) is 0 Å². The summed E-state index contributed by atoms with van der Waals surface area (Å²) in [6.07, 6.45) is 0. The lowest BCUT2D eigenvalue weighted by Crippen LogP contribution is -2.11. The van der Waals surface area contributed by atoms with Gasteiger partial charge in [-0.3, -0.25) is 4.79 Å². The lowest BCUT2D eigenvalue weighted by Gasteiger charge is -2.07. The number of carbonyl (C=O) groups excluding carboxylic acids is 1. The molecule has 0 atom stereocenters. The minimum atomic E-state index is -0.527. The first-order valence-electron chi connectivity index (χ1n) is 5.50. The number of hydrogen-bond donors (Lipinski definition) is 1. The number of rotatable bonds is 3. The van der Waals surface area contributed by atoms with Gasteiger partial charge < -0.3 is 10.1 Å². The largest absolute Gasteiger partial charge is 0.497 e. The lowest BCUT2D eigenvalue weighted by molar-refractivity contribution is 0.102. The number of hydrogen-bond acceptors (Lipinski definition) is 2. The number of benzene rings is 2. The summed E-state index contributed by atoms with van der Waals surface area (Å²) in [4.78, 5) is 12.0. The van der Waals surface area contributed by atoms with Crippen LogP contribution in [0.25, 0.3) is 0 Å². The van der Waals surface area contributed by atoms with Gasteiger partial charge in [0, 0.05) is 11.3 Å². The highest BCUT2D eigenvalue weighted by Crippen LogP contribution is 2.20. The van der Waals surface area contributed by atoms with Gasteiger partial charge in [-0.1, -0.05) is 17.7 Å². The number of ether oxygens (including phenoxy) is 1. The zero-order valence-electron chi connectivity index (χ0n) is 10.1.